The normalized spacial score (nSPS) is 14.9. The first-order valence-corrected chi connectivity index (χ1v) is 9.13. The Morgan fingerprint density at radius 2 is 2.12 bits per heavy atom. The first-order chi connectivity index (χ1) is 11.7. The van der Waals surface area contributed by atoms with Gasteiger partial charge in [0.1, 0.15) is 0 Å². The number of fused-ring (bicyclic) bond motifs is 1. The third kappa shape index (κ3) is 3.81. The summed E-state index contributed by atoms with van der Waals surface area (Å²) in [6.45, 7) is 8.49. The molecule has 1 amide bonds. The topological polar surface area (TPSA) is 34.5 Å². The SMILES string of the molecule is CCOCCCn1cc(CCN2CCCC2=O)c2cc(C)ccc21. The number of carbonyl (C=O) groups excluding carboxylic acids is 1. The van der Waals surface area contributed by atoms with E-state index in [0.717, 1.165) is 58.5 Å². The van der Waals surface area contributed by atoms with E-state index in [9.17, 15) is 4.79 Å². The summed E-state index contributed by atoms with van der Waals surface area (Å²) in [5.74, 6) is 0.312. The number of rotatable bonds is 8. The number of amides is 1. The minimum Gasteiger partial charge on any atom is -0.382 e. The van der Waals surface area contributed by atoms with Crippen LogP contribution in [0.4, 0.5) is 0 Å². The number of likely N-dealkylation sites (tertiary alicyclic amines) is 1. The Balaban J connectivity index is 1.75. The maximum Gasteiger partial charge on any atom is 0.222 e. The van der Waals surface area contributed by atoms with Gasteiger partial charge < -0.3 is 14.2 Å². The highest BCUT2D eigenvalue weighted by Gasteiger charge is 2.20. The van der Waals surface area contributed by atoms with Crippen molar-refractivity contribution in [2.24, 2.45) is 0 Å². The molecular weight excluding hydrogens is 300 g/mol. The lowest BCUT2D eigenvalue weighted by atomic mass is 10.1. The van der Waals surface area contributed by atoms with Crippen LogP contribution in [-0.2, 0) is 22.5 Å². The molecule has 1 aliphatic heterocycles. The quantitative estimate of drug-likeness (QED) is 0.695. The lowest BCUT2D eigenvalue weighted by Crippen LogP contribution is -2.26. The molecule has 24 heavy (non-hydrogen) atoms. The Bertz CT molecular complexity index is 705. The van der Waals surface area contributed by atoms with Crippen molar-refractivity contribution in [1.29, 1.82) is 0 Å². The first-order valence-electron chi connectivity index (χ1n) is 9.13. The first kappa shape index (κ1) is 17.0. The van der Waals surface area contributed by atoms with Gasteiger partial charge in [-0.2, -0.15) is 0 Å². The summed E-state index contributed by atoms with van der Waals surface area (Å²) in [7, 11) is 0. The Hall–Kier alpha value is -1.81. The van der Waals surface area contributed by atoms with E-state index in [4.69, 9.17) is 4.74 Å². The van der Waals surface area contributed by atoms with Crippen LogP contribution in [0.15, 0.2) is 24.4 Å². The maximum atomic E-state index is 11.8. The number of nitrogens with zero attached hydrogens (tertiary/aromatic N) is 2. The molecular formula is C20H28N2O2. The molecule has 2 heterocycles. The molecule has 130 valence electrons. The number of hydrogen-bond acceptors (Lipinski definition) is 2. The van der Waals surface area contributed by atoms with Crippen molar-refractivity contribution >= 4 is 16.8 Å². The van der Waals surface area contributed by atoms with Gasteiger partial charge in [0.25, 0.3) is 0 Å². The van der Waals surface area contributed by atoms with Gasteiger partial charge in [-0.15, -0.1) is 0 Å². The van der Waals surface area contributed by atoms with E-state index in [1.807, 2.05) is 11.8 Å². The van der Waals surface area contributed by atoms with Crippen LogP contribution in [-0.4, -0.2) is 41.7 Å². The second-order valence-corrected chi connectivity index (χ2v) is 6.65. The summed E-state index contributed by atoms with van der Waals surface area (Å²) in [4.78, 5) is 13.8. The van der Waals surface area contributed by atoms with Gasteiger partial charge in [-0.05, 0) is 50.8 Å². The van der Waals surface area contributed by atoms with E-state index in [0.29, 0.717) is 5.91 Å². The van der Waals surface area contributed by atoms with Gasteiger partial charge in [0, 0.05) is 56.4 Å². The second kappa shape index (κ2) is 7.84. The summed E-state index contributed by atoms with van der Waals surface area (Å²) >= 11 is 0. The Morgan fingerprint density at radius 3 is 2.88 bits per heavy atom. The molecule has 1 aromatic carbocycles. The van der Waals surface area contributed by atoms with Crippen molar-refractivity contribution in [2.75, 3.05) is 26.3 Å². The zero-order valence-corrected chi connectivity index (χ0v) is 14.9. The van der Waals surface area contributed by atoms with Crippen LogP contribution in [0, 0.1) is 6.92 Å². The highest BCUT2D eigenvalue weighted by Crippen LogP contribution is 2.24. The van der Waals surface area contributed by atoms with Gasteiger partial charge in [-0.25, -0.2) is 0 Å². The van der Waals surface area contributed by atoms with E-state index in [2.05, 4.69) is 35.9 Å². The fourth-order valence-electron chi connectivity index (χ4n) is 3.55. The number of benzene rings is 1. The molecule has 1 saturated heterocycles. The Labute approximate surface area is 144 Å². The summed E-state index contributed by atoms with van der Waals surface area (Å²) in [5.41, 5.74) is 3.93. The van der Waals surface area contributed by atoms with Crippen molar-refractivity contribution in [3.8, 4) is 0 Å². The molecule has 0 bridgehead atoms. The smallest absolute Gasteiger partial charge is 0.222 e. The lowest BCUT2D eigenvalue weighted by Gasteiger charge is -2.14. The zero-order valence-electron chi connectivity index (χ0n) is 14.9. The fraction of sp³-hybridized carbons (Fsp3) is 0.550. The fourth-order valence-corrected chi connectivity index (χ4v) is 3.55. The van der Waals surface area contributed by atoms with Gasteiger partial charge in [-0.1, -0.05) is 11.6 Å². The molecule has 4 heteroatoms. The molecule has 4 nitrogen and oxygen atoms in total. The third-order valence-electron chi connectivity index (χ3n) is 4.83. The molecule has 0 N–H and O–H groups in total. The van der Waals surface area contributed by atoms with Crippen molar-refractivity contribution < 1.29 is 9.53 Å². The summed E-state index contributed by atoms with van der Waals surface area (Å²) < 4.78 is 7.80. The predicted octanol–water partition coefficient (Wildman–Crippen LogP) is 3.54. The van der Waals surface area contributed by atoms with Gasteiger partial charge in [0.05, 0.1) is 0 Å². The average molecular weight is 328 g/mol. The second-order valence-electron chi connectivity index (χ2n) is 6.65. The molecule has 1 aliphatic rings. The molecule has 1 fully saturated rings. The molecule has 0 unspecified atom stereocenters. The summed E-state index contributed by atoms with van der Waals surface area (Å²) in [6.07, 6.45) is 5.96. The molecule has 2 aromatic rings. The van der Waals surface area contributed by atoms with Crippen molar-refractivity contribution in [1.82, 2.24) is 9.47 Å². The van der Waals surface area contributed by atoms with Crippen molar-refractivity contribution in [3.63, 3.8) is 0 Å². The molecule has 0 saturated carbocycles. The lowest BCUT2D eigenvalue weighted by molar-refractivity contribution is -0.127. The highest BCUT2D eigenvalue weighted by atomic mass is 16.5. The number of aryl methyl sites for hydroxylation is 2. The number of ether oxygens (including phenoxy) is 1. The monoisotopic (exact) mass is 328 g/mol. The summed E-state index contributed by atoms with van der Waals surface area (Å²) in [5, 5.41) is 1.33. The van der Waals surface area contributed by atoms with Crippen LogP contribution in [0.3, 0.4) is 0 Å². The highest BCUT2D eigenvalue weighted by molar-refractivity contribution is 5.85. The van der Waals surface area contributed by atoms with Crippen molar-refractivity contribution in [3.05, 3.63) is 35.5 Å². The third-order valence-corrected chi connectivity index (χ3v) is 4.83. The molecule has 1 aromatic heterocycles. The Morgan fingerprint density at radius 1 is 1.25 bits per heavy atom. The van der Waals surface area contributed by atoms with Gasteiger partial charge in [0.15, 0.2) is 0 Å². The zero-order chi connectivity index (χ0) is 16.9. The van der Waals surface area contributed by atoms with Gasteiger partial charge in [0.2, 0.25) is 5.91 Å². The molecule has 3 rings (SSSR count). The van der Waals surface area contributed by atoms with Crippen LogP contribution in [0.2, 0.25) is 0 Å². The van der Waals surface area contributed by atoms with E-state index in [1.54, 1.807) is 0 Å². The molecule has 0 spiro atoms. The van der Waals surface area contributed by atoms with E-state index in [-0.39, 0.29) is 0 Å². The van der Waals surface area contributed by atoms with Crippen molar-refractivity contribution in [2.45, 2.75) is 46.1 Å². The molecule has 0 radical (unpaired) electrons. The van der Waals surface area contributed by atoms with Crippen LogP contribution >= 0.6 is 0 Å². The number of aromatic nitrogens is 1. The molecule has 0 atom stereocenters. The molecule has 0 aliphatic carbocycles. The largest absolute Gasteiger partial charge is 0.382 e. The minimum absolute atomic E-state index is 0.312. The number of carbonyl (C=O) groups is 1. The van der Waals surface area contributed by atoms with Crippen LogP contribution in [0.25, 0.3) is 10.9 Å². The van der Waals surface area contributed by atoms with Gasteiger partial charge >= 0.3 is 0 Å². The Kier molecular flexibility index (Phi) is 5.56. The van der Waals surface area contributed by atoms with Crippen LogP contribution in [0.1, 0.15) is 37.3 Å². The van der Waals surface area contributed by atoms with Gasteiger partial charge in [-0.3, -0.25) is 4.79 Å². The van der Waals surface area contributed by atoms with Crippen LogP contribution in [0.5, 0.6) is 0 Å². The van der Waals surface area contributed by atoms with E-state index >= 15 is 0 Å². The average Bonchev–Trinajstić information content (AvgIpc) is 3.13. The predicted molar refractivity (Wildman–Crippen MR) is 97.3 cm³/mol. The maximum absolute atomic E-state index is 11.8. The number of hydrogen-bond donors (Lipinski definition) is 0. The standard InChI is InChI=1S/C20H28N2O2/c1-3-24-13-5-11-22-15-17(9-12-21-10-4-6-20(21)23)18-14-16(2)7-8-19(18)22/h7-8,14-15H,3-6,9-13H2,1-2H3. The summed E-state index contributed by atoms with van der Waals surface area (Å²) in [6, 6.07) is 6.67. The minimum atomic E-state index is 0.312. The van der Waals surface area contributed by atoms with E-state index < -0.39 is 0 Å². The van der Waals surface area contributed by atoms with Crippen LogP contribution < -0.4 is 0 Å². The van der Waals surface area contributed by atoms with E-state index in [1.165, 1.54) is 22.0 Å².